The van der Waals surface area contributed by atoms with E-state index in [1.165, 1.54) is 40.4 Å². The largest absolute Gasteiger partial charge is 0.416 e. The summed E-state index contributed by atoms with van der Waals surface area (Å²) in [5, 5.41) is 9.10. The summed E-state index contributed by atoms with van der Waals surface area (Å²) in [6, 6.07) is 4.73. The van der Waals surface area contributed by atoms with Crippen molar-refractivity contribution in [3.8, 4) is 5.69 Å². The number of halogens is 3. The van der Waals surface area contributed by atoms with Crippen molar-refractivity contribution in [2.75, 3.05) is 5.32 Å². The number of hydrogen-bond acceptors (Lipinski definition) is 4. The third-order valence-electron chi connectivity index (χ3n) is 3.38. The van der Waals surface area contributed by atoms with E-state index in [9.17, 15) is 18.0 Å². The zero-order valence-electron chi connectivity index (χ0n) is 13.5. The third-order valence-corrected chi connectivity index (χ3v) is 4.17. The molecule has 0 saturated heterocycles. The smallest absolute Gasteiger partial charge is 0.321 e. The molecule has 0 bridgehead atoms. The van der Waals surface area contributed by atoms with Crippen LogP contribution in [0.3, 0.4) is 0 Å². The van der Waals surface area contributed by atoms with Gasteiger partial charge in [0.15, 0.2) is 0 Å². The normalized spacial score (nSPS) is 11.8. The van der Waals surface area contributed by atoms with Gasteiger partial charge in [0.1, 0.15) is 0 Å². The molecule has 0 unspecified atom stereocenters. The van der Waals surface area contributed by atoms with Crippen LogP contribution in [0.4, 0.5) is 18.9 Å². The quantitative estimate of drug-likeness (QED) is 0.689. The minimum absolute atomic E-state index is 0.00707. The first-order chi connectivity index (χ1) is 12.3. The second kappa shape index (κ2) is 7.12. The maximum Gasteiger partial charge on any atom is 0.416 e. The van der Waals surface area contributed by atoms with E-state index < -0.39 is 17.6 Å². The first-order valence-corrected chi connectivity index (χ1v) is 8.33. The van der Waals surface area contributed by atoms with E-state index in [1.54, 1.807) is 17.6 Å². The number of hydrogen-bond donors (Lipinski definition) is 1. The predicted molar refractivity (Wildman–Crippen MR) is 93.1 cm³/mol. The monoisotopic (exact) mass is 378 g/mol. The average molecular weight is 378 g/mol. The van der Waals surface area contributed by atoms with Crippen molar-refractivity contribution in [1.29, 1.82) is 0 Å². The standard InChI is InChI=1S/C17H13F3N4OS/c1-11-22-13(10-26-11)4-6-16(25)23-14-9-12(17(18,19)20)3-5-15(14)24-8-2-7-21-24/h2-10H,1H3,(H,23,25)/b6-4+. The lowest BCUT2D eigenvalue weighted by Gasteiger charge is -2.14. The molecule has 2 aromatic heterocycles. The van der Waals surface area contributed by atoms with E-state index >= 15 is 0 Å². The Hall–Kier alpha value is -2.94. The summed E-state index contributed by atoms with van der Waals surface area (Å²) in [6.07, 6.45) is 1.28. The number of nitrogens with zero attached hydrogens (tertiary/aromatic N) is 3. The van der Waals surface area contributed by atoms with E-state index in [0.29, 0.717) is 11.4 Å². The highest BCUT2D eigenvalue weighted by Gasteiger charge is 2.31. The van der Waals surface area contributed by atoms with Gasteiger partial charge in [0.05, 0.1) is 27.6 Å². The molecule has 2 heterocycles. The van der Waals surface area contributed by atoms with Crippen LogP contribution in [-0.2, 0) is 11.0 Å². The Morgan fingerprint density at radius 3 is 2.77 bits per heavy atom. The zero-order chi connectivity index (χ0) is 18.7. The summed E-state index contributed by atoms with van der Waals surface area (Å²) in [7, 11) is 0. The Bertz CT molecular complexity index is 945. The Kier molecular flexibility index (Phi) is 4.90. The van der Waals surface area contributed by atoms with Gasteiger partial charge in [-0.15, -0.1) is 11.3 Å². The Balaban J connectivity index is 1.88. The van der Waals surface area contributed by atoms with Gasteiger partial charge in [-0.05, 0) is 37.3 Å². The summed E-state index contributed by atoms with van der Waals surface area (Å²) >= 11 is 1.43. The molecule has 5 nitrogen and oxygen atoms in total. The third kappa shape index (κ3) is 4.17. The fourth-order valence-corrected chi connectivity index (χ4v) is 2.80. The lowest BCUT2D eigenvalue weighted by atomic mass is 10.1. The van der Waals surface area contributed by atoms with E-state index in [1.807, 2.05) is 6.92 Å². The average Bonchev–Trinajstić information content (AvgIpc) is 3.24. The van der Waals surface area contributed by atoms with Crippen molar-refractivity contribution in [2.45, 2.75) is 13.1 Å². The zero-order valence-corrected chi connectivity index (χ0v) is 14.3. The Morgan fingerprint density at radius 1 is 1.35 bits per heavy atom. The van der Waals surface area contributed by atoms with E-state index in [4.69, 9.17) is 0 Å². The molecule has 3 aromatic rings. The van der Waals surface area contributed by atoms with Crippen LogP contribution < -0.4 is 5.32 Å². The van der Waals surface area contributed by atoms with Crippen molar-refractivity contribution >= 4 is 29.0 Å². The second-order valence-corrected chi connectivity index (χ2v) is 6.36. The van der Waals surface area contributed by atoms with Gasteiger partial charge in [0, 0.05) is 23.8 Å². The number of nitrogens with one attached hydrogen (secondary N) is 1. The number of carbonyl (C=O) groups excluding carboxylic acids is 1. The van der Waals surface area contributed by atoms with Gasteiger partial charge in [0.25, 0.3) is 0 Å². The highest BCUT2D eigenvalue weighted by molar-refractivity contribution is 7.09. The molecule has 1 N–H and O–H groups in total. The van der Waals surface area contributed by atoms with Gasteiger partial charge in [0.2, 0.25) is 5.91 Å². The number of aryl methyl sites for hydroxylation is 1. The molecule has 134 valence electrons. The van der Waals surface area contributed by atoms with Gasteiger partial charge >= 0.3 is 6.18 Å². The number of amides is 1. The van der Waals surface area contributed by atoms with Crippen molar-refractivity contribution in [2.24, 2.45) is 0 Å². The summed E-state index contributed by atoms with van der Waals surface area (Å²) in [5.74, 6) is -0.566. The number of anilines is 1. The number of thiazole rings is 1. The lowest BCUT2D eigenvalue weighted by Crippen LogP contribution is -2.13. The molecule has 26 heavy (non-hydrogen) atoms. The topological polar surface area (TPSA) is 59.8 Å². The maximum atomic E-state index is 13.0. The Labute approximate surface area is 150 Å². The van der Waals surface area contributed by atoms with Crippen molar-refractivity contribution in [3.05, 3.63) is 64.4 Å². The molecule has 1 aromatic carbocycles. The molecule has 1 amide bonds. The number of alkyl halides is 3. The van der Waals surface area contributed by atoms with Crippen molar-refractivity contribution in [3.63, 3.8) is 0 Å². The molecule has 0 fully saturated rings. The first-order valence-electron chi connectivity index (χ1n) is 7.45. The fourth-order valence-electron chi connectivity index (χ4n) is 2.22. The van der Waals surface area contributed by atoms with Crippen LogP contribution in [0.15, 0.2) is 48.1 Å². The molecule has 0 aliphatic rings. The van der Waals surface area contributed by atoms with Crippen LogP contribution in [-0.4, -0.2) is 20.7 Å². The van der Waals surface area contributed by atoms with Crippen LogP contribution in [0.1, 0.15) is 16.3 Å². The highest BCUT2D eigenvalue weighted by atomic mass is 32.1. The highest BCUT2D eigenvalue weighted by Crippen LogP contribution is 2.33. The van der Waals surface area contributed by atoms with E-state index in [2.05, 4.69) is 15.4 Å². The molecule has 0 saturated carbocycles. The van der Waals surface area contributed by atoms with E-state index in [-0.39, 0.29) is 5.69 Å². The van der Waals surface area contributed by atoms with Gasteiger partial charge in [-0.1, -0.05) is 0 Å². The van der Waals surface area contributed by atoms with Crippen LogP contribution in [0.25, 0.3) is 11.8 Å². The molecular weight excluding hydrogens is 365 g/mol. The fraction of sp³-hybridized carbons (Fsp3) is 0.118. The molecule has 9 heteroatoms. The van der Waals surface area contributed by atoms with Crippen LogP contribution in [0.5, 0.6) is 0 Å². The molecule has 0 spiro atoms. The number of benzene rings is 1. The first kappa shape index (κ1) is 17.9. The number of carbonyl (C=O) groups is 1. The summed E-state index contributed by atoms with van der Waals surface area (Å²) in [4.78, 5) is 16.3. The van der Waals surface area contributed by atoms with Gasteiger partial charge < -0.3 is 5.32 Å². The molecule has 0 aliphatic heterocycles. The SMILES string of the molecule is Cc1nc(/C=C/C(=O)Nc2cc(C(F)(F)F)ccc2-n2cccn2)cs1. The molecule has 0 atom stereocenters. The molecule has 0 aliphatic carbocycles. The van der Waals surface area contributed by atoms with Gasteiger partial charge in [-0.3, -0.25) is 4.79 Å². The van der Waals surface area contributed by atoms with Crippen LogP contribution in [0, 0.1) is 6.92 Å². The minimum atomic E-state index is -4.52. The van der Waals surface area contributed by atoms with Crippen molar-refractivity contribution in [1.82, 2.24) is 14.8 Å². The minimum Gasteiger partial charge on any atom is -0.321 e. The number of rotatable bonds is 4. The van der Waals surface area contributed by atoms with Crippen LogP contribution in [0.2, 0.25) is 0 Å². The maximum absolute atomic E-state index is 13.0. The summed E-state index contributed by atoms with van der Waals surface area (Å²) in [5.41, 5.74) is 0.0867. The lowest BCUT2D eigenvalue weighted by molar-refractivity contribution is -0.137. The van der Waals surface area contributed by atoms with Crippen molar-refractivity contribution < 1.29 is 18.0 Å². The van der Waals surface area contributed by atoms with Gasteiger partial charge in [-0.2, -0.15) is 18.3 Å². The second-order valence-electron chi connectivity index (χ2n) is 5.29. The summed E-state index contributed by atoms with van der Waals surface area (Å²) < 4.78 is 40.4. The molecular formula is C17H13F3N4OS. The van der Waals surface area contributed by atoms with E-state index in [0.717, 1.165) is 17.1 Å². The van der Waals surface area contributed by atoms with Crippen LogP contribution >= 0.6 is 11.3 Å². The predicted octanol–water partition coefficient (Wildman–Crippen LogP) is 4.31. The molecule has 0 radical (unpaired) electrons. The van der Waals surface area contributed by atoms with Gasteiger partial charge in [-0.25, -0.2) is 9.67 Å². The Morgan fingerprint density at radius 2 is 2.15 bits per heavy atom. The summed E-state index contributed by atoms with van der Waals surface area (Å²) in [6.45, 7) is 1.83. The number of aromatic nitrogens is 3. The molecule has 3 rings (SSSR count).